The molecule has 2 N–H and O–H groups in total. The fourth-order valence-electron chi connectivity index (χ4n) is 3.56. The summed E-state index contributed by atoms with van der Waals surface area (Å²) in [5.41, 5.74) is 0. The molecule has 1 aromatic rings. The van der Waals surface area contributed by atoms with Crippen LogP contribution in [0.5, 0.6) is 0 Å². The lowest BCUT2D eigenvalue weighted by Gasteiger charge is -2.28. The van der Waals surface area contributed by atoms with Gasteiger partial charge in [-0.25, -0.2) is 0 Å². The van der Waals surface area contributed by atoms with Crippen LogP contribution in [0.3, 0.4) is 0 Å². The first kappa shape index (κ1) is 11.6. The van der Waals surface area contributed by atoms with Gasteiger partial charge in [0.15, 0.2) is 5.82 Å². The Morgan fingerprint density at radius 1 is 1.50 bits per heavy atom. The Bertz CT molecular complexity index is 459. The second-order valence-corrected chi connectivity index (χ2v) is 5.34. The van der Waals surface area contributed by atoms with Gasteiger partial charge in [-0.15, -0.1) is 0 Å². The number of carbonyl (C=O) groups is 1. The second kappa shape index (κ2) is 4.35. The summed E-state index contributed by atoms with van der Waals surface area (Å²) in [4.78, 5) is 15.4. The van der Waals surface area contributed by atoms with E-state index in [0.717, 1.165) is 19.3 Å². The molecule has 2 bridgehead atoms. The summed E-state index contributed by atoms with van der Waals surface area (Å²) in [6.45, 7) is 2.23. The summed E-state index contributed by atoms with van der Waals surface area (Å²) in [6, 6.07) is 0.0495. The first-order chi connectivity index (χ1) is 8.65. The molecule has 0 spiro atoms. The van der Waals surface area contributed by atoms with E-state index < -0.39 is 5.97 Å². The molecule has 4 atom stereocenters. The summed E-state index contributed by atoms with van der Waals surface area (Å²) in [5.74, 6) is 1.03. The molecule has 18 heavy (non-hydrogen) atoms. The van der Waals surface area contributed by atoms with Gasteiger partial charge in [-0.05, 0) is 38.0 Å². The monoisotopic (exact) mass is 251 g/mol. The average Bonchev–Trinajstić information content (AvgIpc) is 3.00. The van der Waals surface area contributed by atoms with E-state index in [4.69, 9.17) is 4.52 Å². The smallest absolute Gasteiger partial charge is 0.308 e. The average molecular weight is 251 g/mol. The lowest BCUT2D eigenvalue weighted by molar-refractivity contribution is -0.144. The van der Waals surface area contributed by atoms with Gasteiger partial charge in [0.1, 0.15) is 0 Å². The third-order valence-electron chi connectivity index (χ3n) is 4.26. The largest absolute Gasteiger partial charge is 0.481 e. The van der Waals surface area contributed by atoms with Crippen LogP contribution in [-0.2, 0) is 11.3 Å². The van der Waals surface area contributed by atoms with Crippen LogP contribution in [-0.4, -0.2) is 27.3 Å². The number of rotatable bonds is 4. The highest BCUT2D eigenvalue weighted by atomic mass is 16.5. The molecule has 6 nitrogen and oxygen atoms in total. The summed E-state index contributed by atoms with van der Waals surface area (Å²) in [6.07, 6.45) is 3.23. The van der Waals surface area contributed by atoms with Crippen molar-refractivity contribution in [3.05, 3.63) is 11.7 Å². The van der Waals surface area contributed by atoms with Gasteiger partial charge in [-0.1, -0.05) is 5.16 Å². The summed E-state index contributed by atoms with van der Waals surface area (Å²) >= 11 is 0. The first-order valence-electron chi connectivity index (χ1n) is 6.40. The third-order valence-corrected chi connectivity index (χ3v) is 4.26. The highest BCUT2D eigenvalue weighted by molar-refractivity contribution is 5.72. The van der Waals surface area contributed by atoms with Crippen molar-refractivity contribution in [3.63, 3.8) is 0 Å². The maximum absolute atomic E-state index is 11.3. The number of nitrogens with zero attached hydrogens (tertiary/aromatic N) is 2. The third kappa shape index (κ3) is 1.90. The van der Waals surface area contributed by atoms with Crippen molar-refractivity contribution < 1.29 is 14.4 Å². The fourth-order valence-corrected chi connectivity index (χ4v) is 3.56. The lowest BCUT2D eigenvalue weighted by Crippen LogP contribution is -2.43. The number of aromatic nitrogens is 2. The predicted octanol–water partition coefficient (Wildman–Crippen LogP) is 0.967. The molecule has 0 saturated heterocycles. The second-order valence-electron chi connectivity index (χ2n) is 5.34. The van der Waals surface area contributed by atoms with Gasteiger partial charge in [-0.2, -0.15) is 4.98 Å². The molecule has 1 heterocycles. The zero-order valence-electron chi connectivity index (χ0n) is 10.3. The highest BCUT2D eigenvalue weighted by Crippen LogP contribution is 2.48. The Balaban J connectivity index is 1.66. The van der Waals surface area contributed by atoms with Crippen LogP contribution < -0.4 is 5.32 Å². The van der Waals surface area contributed by atoms with E-state index in [1.807, 2.05) is 0 Å². The van der Waals surface area contributed by atoms with Crippen LogP contribution in [0.4, 0.5) is 0 Å². The van der Waals surface area contributed by atoms with Gasteiger partial charge in [0.25, 0.3) is 0 Å². The van der Waals surface area contributed by atoms with Crippen LogP contribution in [0.1, 0.15) is 31.0 Å². The zero-order chi connectivity index (χ0) is 12.7. The van der Waals surface area contributed by atoms with Gasteiger partial charge < -0.3 is 14.9 Å². The van der Waals surface area contributed by atoms with Crippen LogP contribution in [0.25, 0.3) is 0 Å². The molecule has 0 amide bonds. The maximum Gasteiger partial charge on any atom is 0.308 e. The number of hydrogen-bond acceptors (Lipinski definition) is 5. The summed E-state index contributed by atoms with van der Waals surface area (Å²) in [5, 5.41) is 16.3. The van der Waals surface area contributed by atoms with E-state index >= 15 is 0 Å². The van der Waals surface area contributed by atoms with Crippen molar-refractivity contribution in [3.8, 4) is 0 Å². The molecule has 2 fully saturated rings. The van der Waals surface area contributed by atoms with Crippen molar-refractivity contribution in [2.24, 2.45) is 17.8 Å². The van der Waals surface area contributed by atoms with E-state index in [1.165, 1.54) is 0 Å². The molecule has 98 valence electrons. The van der Waals surface area contributed by atoms with Crippen LogP contribution >= 0.6 is 0 Å². The minimum absolute atomic E-state index is 0.0495. The van der Waals surface area contributed by atoms with Gasteiger partial charge in [0.05, 0.1) is 12.5 Å². The molecule has 2 saturated carbocycles. The van der Waals surface area contributed by atoms with E-state index in [1.54, 1.807) is 6.92 Å². The Kier molecular flexibility index (Phi) is 2.81. The SMILES string of the molecule is Cc1noc(CNC2C3CCC(C3)C2C(=O)O)n1. The van der Waals surface area contributed by atoms with Crippen LogP contribution in [0.2, 0.25) is 0 Å². The van der Waals surface area contributed by atoms with Gasteiger partial charge in [0.2, 0.25) is 5.89 Å². The predicted molar refractivity (Wildman–Crippen MR) is 61.6 cm³/mol. The van der Waals surface area contributed by atoms with Crippen molar-refractivity contribution in [2.75, 3.05) is 0 Å². The van der Waals surface area contributed by atoms with E-state index in [9.17, 15) is 9.90 Å². The number of hydrogen-bond donors (Lipinski definition) is 2. The summed E-state index contributed by atoms with van der Waals surface area (Å²) < 4.78 is 5.03. The Morgan fingerprint density at radius 3 is 2.94 bits per heavy atom. The maximum atomic E-state index is 11.3. The van der Waals surface area contributed by atoms with Crippen LogP contribution in [0, 0.1) is 24.7 Å². The normalized spacial score (nSPS) is 34.1. The topological polar surface area (TPSA) is 88.2 Å². The lowest BCUT2D eigenvalue weighted by atomic mass is 9.84. The minimum atomic E-state index is -0.679. The number of aliphatic carboxylic acids is 1. The molecule has 0 aliphatic heterocycles. The molecule has 4 unspecified atom stereocenters. The number of aryl methyl sites for hydroxylation is 1. The Hall–Kier alpha value is -1.43. The van der Waals surface area contributed by atoms with E-state index in [2.05, 4.69) is 15.5 Å². The minimum Gasteiger partial charge on any atom is -0.481 e. The van der Waals surface area contributed by atoms with Crippen molar-refractivity contribution in [1.29, 1.82) is 0 Å². The molecular formula is C12H17N3O3. The molecule has 2 aliphatic rings. The molecule has 2 aliphatic carbocycles. The molecular weight excluding hydrogens is 234 g/mol. The molecule has 1 aromatic heterocycles. The molecule has 6 heteroatoms. The first-order valence-corrected chi connectivity index (χ1v) is 6.40. The van der Waals surface area contributed by atoms with E-state index in [-0.39, 0.29) is 12.0 Å². The van der Waals surface area contributed by atoms with Gasteiger partial charge in [0, 0.05) is 6.04 Å². The fraction of sp³-hybridized carbons (Fsp3) is 0.750. The molecule has 0 radical (unpaired) electrons. The number of nitrogens with one attached hydrogen (secondary N) is 1. The van der Waals surface area contributed by atoms with Crippen LogP contribution in [0.15, 0.2) is 4.52 Å². The molecule has 3 rings (SSSR count). The molecule has 0 aromatic carbocycles. The zero-order valence-corrected chi connectivity index (χ0v) is 10.3. The van der Waals surface area contributed by atoms with Crippen molar-refractivity contribution in [2.45, 2.75) is 38.8 Å². The van der Waals surface area contributed by atoms with Gasteiger partial charge in [-0.3, -0.25) is 4.79 Å². The number of fused-ring (bicyclic) bond motifs is 2. The Labute approximate surface area is 105 Å². The quantitative estimate of drug-likeness (QED) is 0.828. The Morgan fingerprint density at radius 2 is 2.28 bits per heavy atom. The van der Waals surface area contributed by atoms with Crippen molar-refractivity contribution >= 4 is 5.97 Å². The summed E-state index contributed by atoms with van der Waals surface area (Å²) in [7, 11) is 0. The van der Waals surface area contributed by atoms with E-state index in [0.29, 0.717) is 30.1 Å². The standard InChI is InChI=1S/C12H17N3O3/c1-6-14-9(18-15-6)5-13-11-8-3-2-7(4-8)10(11)12(16)17/h7-8,10-11,13H,2-5H2,1H3,(H,16,17). The number of carboxylic acids is 1. The van der Waals surface area contributed by atoms with Crippen molar-refractivity contribution in [1.82, 2.24) is 15.5 Å². The number of carboxylic acid groups (broad SMARTS) is 1. The highest BCUT2D eigenvalue weighted by Gasteiger charge is 2.50. The van der Waals surface area contributed by atoms with Gasteiger partial charge >= 0.3 is 5.97 Å².